The van der Waals surface area contributed by atoms with Crippen LogP contribution in [0.2, 0.25) is 0 Å². The number of hydrogen-bond acceptors (Lipinski definition) is 4. The summed E-state index contributed by atoms with van der Waals surface area (Å²) in [4.78, 5) is 26.8. The summed E-state index contributed by atoms with van der Waals surface area (Å²) in [5.41, 5.74) is 9.59. The summed E-state index contributed by atoms with van der Waals surface area (Å²) in [7, 11) is 0. The number of carbonyl (C=O) groups is 1. The number of H-pyrrole nitrogens is 1. The highest BCUT2D eigenvalue weighted by Crippen LogP contribution is 2.12. The molecule has 2 aromatic rings. The highest BCUT2D eigenvalue weighted by Gasteiger charge is 2.16. The van der Waals surface area contributed by atoms with Crippen molar-refractivity contribution in [2.75, 3.05) is 0 Å². The standard InChI is InChI=1S/C14H21N5O2/c1-8-10(3)18(14(21)16-8)6-5-13(20)19-11(4)12(7-15)9(2)17-19/h5-7,15H2,1-4H3,(H,16,21). The smallest absolute Gasteiger partial charge is 0.325 e. The lowest BCUT2D eigenvalue weighted by Gasteiger charge is -2.06. The van der Waals surface area contributed by atoms with Crippen molar-refractivity contribution in [3.8, 4) is 0 Å². The van der Waals surface area contributed by atoms with Gasteiger partial charge in [0.1, 0.15) is 0 Å². The molecule has 3 N–H and O–H groups in total. The first-order valence-electron chi connectivity index (χ1n) is 6.91. The van der Waals surface area contributed by atoms with E-state index in [1.165, 1.54) is 4.68 Å². The maximum Gasteiger partial charge on any atom is 0.325 e. The molecule has 2 rings (SSSR count). The van der Waals surface area contributed by atoms with E-state index in [9.17, 15) is 9.59 Å². The molecular formula is C14H21N5O2. The molecule has 0 spiro atoms. The molecule has 0 saturated heterocycles. The van der Waals surface area contributed by atoms with Gasteiger partial charge in [0.25, 0.3) is 0 Å². The molecule has 2 aromatic heterocycles. The van der Waals surface area contributed by atoms with Crippen molar-refractivity contribution in [2.24, 2.45) is 5.73 Å². The molecule has 0 radical (unpaired) electrons. The van der Waals surface area contributed by atoms with Crippen LogP contribution in [0.15, 0.2) is 4.79 Å². The third-order valence-corrected chi connectivity index (χ3v) is 3.92. The molecule has 114 valence electrons. The minimum Gasteiger partial charge on any atom is -0.326 e. The van der Waals surface area contributed by atoms with Crippen molar-refractivity contribution in [1.29, 1.82) is 0 Å². The van der Waals surface area contributed by atoms with Crippen molar-refractivity contribution >= 4 is 5.91 Å². The fourth-order valence-electron chi connectivity index (χ4n) is 2.47. The molecule has 0 unspecified atom stereocenters. The molecule has 0 aliphatic rings. The number of imidazole rings is 1. The number of hydrogen-bond donors (Lipinski definition) is 2. The molecule has 0 aromatic carbocycles. The Labute approximate surface area is 122 Å². The zero-order valence-corrected chi connectivity index (χ0v) is 12.9. The topological polar surface area (TPSA) is 98.7 Å². The predicted molar refractivity (Wildman–Crippen MR) is 79.4 cm³/mol. The Morgan fingerprint density at radius 1 is 1.24 bits per heavy atom. The van der Waals surface area contributed by atoms with Crippen molar-refractivity contribution in [1.82, 2.24) is 19.3 Å². The van der Waals surface area contributed by atoms with E-state index in [2.05, 4.69) is 10.1 Å². The zero-order valence-electron chi connectivity index (χ0n) is 12.9. The minimum atomic E-state index is -0.186. The zero-order chi connectivity index (χ0) is 15.7. The van der Waals surface area contributed by atoms with E-state index in [1.54, 1.807) is 4.57 Å². The Balaban J connectivity index is 2.18. The number of rotatable bonds is 4. The fourth-order valence-corrected chi connectivity index (χ4v) is 2.47. The summed E-state index contributed by atoms with van der Waals surface area (Å²) >= 11 is 0. The maximum absolute atomic E-state index is 12.3. The van der Waals surface area contributed by atoms with E-state index in [4.69, 9.17) is 5.73 Å². The van der Waals surface area contributed by atoms with Gasteiger partial charge in [0.2, 0.25) is 5.91 Å². The van der Waals surface area contributed by atoms with Gasteiger partial charge in [0.05, 0.1) is 5.69 Å². The van der Waals surface area contributed by atoms with Crippen LogP contribution in [0, 0.1) is 27.7 Å². The molecule has 0 bridgehead atoms. The highest BCUT2D eigenvalue weighted by molar-refractivity contribution is 5.79. The van der Waals surface area contributed by atoms with E-state index in [0.717, 1.165) is 28.3 Å². The van der Waals surface area contributed by atoms with E-state index < -0.39 is 0 Å². The van der Waals surface area contributed by atoms with Crippen LogP contribution >= 0.6 is 0 Å². The normalized spacial score (nSPS) is 11.1. The molecular weight excluding hydrogens is 270 g/mol. The van der Waals surface area contributed by atoms with Crippen molar-refractivity contribution in [2.45, 2.75) is 47.2 Å². The molecule has 7 heteroatoms. The van der Waals surface area contributed by atoms with Crippen LogP contribution in [-0.2, 0) is 13.1 Å². The predicted octanol–water partition coefficient (Wildman–Crippen LogP) is 0.796. The fraction of sp³-hybridized carbons (Fsp3) is 0.500. The molecule has 0 aliphatic heterocycles. The SMILES string of the molecule is Cc1nn(C(=O)CCn2c(C)c(C)[nH]c2=O)c(C)c1CN. The van der Waals surface area contributed by atoms with Crippen LogP contribution in [-0.4, -0.2) is 25.2 Å². The summed E-state index contributed by atoms with van der Waals surface area (Å²) in [6, 6.07) is 0. The number of aromatic amines is 1. The van der Waals surface area contributed by atoms with Gasteiger partial charge in [-0.2, -0.15) is 5.10 Å². The van der Waals surface area contributed by atoms with E-state index >= 15 is 0 Å². The first kappa shape index (κ1) is 15.2. The van der Waals surface area contributed by atoms with Crippen LogP contribution in [0.3, 0.4) is 0 Å². The lowest BCUT2D eigenvalue weighted by molar-refractivity contribution is 0.0877. The minimum absolute atomic E-state index is 0.138. The molecule has 2 heterocycles. The van der Waals surface area contributed by atoms with Gasteiger partial charge in [-0.3, -0.25) is 9.36 Å². The summed E-state index contributed by atoms with van der Waals surface area (Å²) in [5, 5.41) is 4.24. The second-order valence-corrected chi connectivity index (χ2v) is 5.20. The Bertz CT molecular complexity index is 735. The summed E-state index contributed by atoms with van der Waals surface area (Å²) in [5.74, 6) is -0.138. The monoisotopic (exact) mass is 291 g/mol. The van der Waals surface area contributed by atoms with Crippen LogP contribution < -0.4 is 11.4 Å². The number of aryl methyl sites for hydroxylation is 2. The molecule has 0 fully saturated rings. The average Bonchev–Trinajstić information content (AvgIpc) is 2.85. The molecule has 0 aliphatic carbocycles. The number of nitrogens with zero attached hydrogens (tertiary/aromatic N) is 3. The van der Waals surface area contributed by atoms with Crippen molar-refractivity contribution < 1.29 is 4.79 Å². The Morgan fingerprint density at radius 2 is 1.90 bits per heavy atom. The molecule has 21 heavy (non-hydrogen) atoms. The number of nitrogens with two attached hydrogens (primary N) is 1. The Morgan fingerprint density at radius 3 is 2.38 bits per heavy atom. The average molecular weight is 291 g/mol. The second-order valence-electron chi connectivity index (χ2n) is 5.20. The number of nitrogens with one attached hydrogen (secondary N) is 1. The first-order chi connectivity index (χ1) is 9.86. The highest BCUT2D eigenvalue weighted by atomic mass is 16.2. The number of carbonyl (C=O) groups excluding carboxylic acids is 1. The lowest BCUT2D eigenvalue weighted by atomic mass is 10.2. The summed E-state index contributed by atoms with van der Waals surface area (Å²) in [6.45, 7) is 8.06. The van der Waals surface area contributed by atoms with Gasteiger partial charge in [-0.15, -0.1) is 0 Å². The molecule has 7 nitrogen and oxygen atoms in total. The van der Waals surface area contributed by atoms with Crippen molar-refractivity contribution in [3.63, 3.8) is 0 Å². The van der Waals surface area contributed by atoms with Crippen LogP contribution in [0.1, 0.15) is 39.6 Å². The molecule has 0 saturated carbocycles. The van der Waals surface area contributed by atoms with E-state index in [-0.39, 0.29) is 18.0 Å². The van der Waals surface area contributed by atoms with Crippen molar-refractivity contribution in [3.05, 3.63) is 38.8 Å². The summed E-state index contributed by atoms with van der Waals surface area (Å²) in [6.07, 6.45) is 0.212. The Hall–Kier alpha value is -2.15. The first-order valence-corrected chi connectivity index (χ1v) is 6.91. The summed E-state index contributed by atoms with van der Waals surface area (Å²) < 4.78 is 2.96. The second kappa shape index (κ2) is 5.69. The van der Waals surface area contributed by atoms with Gasteiger partial charge in [-0.25, -0.2) is 9.48 Å². The van der Waals surface area contributed by atoms with Gasteiger partial charge < -0.3 is 10.7 Å². The maximum atomic E-state index is 12.3. The Kier molecular flexibility index (Phi) is 4.13. The van der Waals surface area contributed by atoms with Gasteiger partial charge in [0.15, 0.2) is 0 Å². The molecule has 0 amide bonds. The quantitative estimate of drug-likeness (QED) is 0.870. The third kappa shape index (κ3) is 2.69. The number of aromatic nitrogens is 4. The van der Waals surface area contributed by atoms with Gasteiger partial charge >= 0.3 is 5.69 Å². The lowest BCUT2D eigenvalue weighted by Crippen LogP contribution is -2.22. The van der Waals surface area contributed by atoms with Gasteiger partial charge in [0, 0.05) is 42.2 Å². The van der Waals surface area contributed by atoms with E-state index in [1.807, 2.05) is 27.7 Å². The van der Waals surface area contributed by atoms with Crippen LogP contribution in [0.25, 0.3) is 0 Å². The molecule has 0 atom stereocenters. The van der Waals surface area contributed by atoms with Gasteiger partial charge in [-0.1, -0.05) is 0 Å². The third-order valence-electron chi connectivity index (χ3n) is 3.92. The van der Waals surface area contributed by atoms with E-state index in [0.29, 0.717) is 13.1 Å². The van der Waals surface area contributed by atoms with Crippen LogP contribution in [0.5, 0.6) is 0 Å². The largest absolute Gasteiger partial charge is 0.326 e. The van der Waals surface area contributed by atoms with Gasteiger partial charge in [-0.05, 0) is 27.7 Å². The van der Waals surface area contributed by atoms with Crippen LogP contribution in [0.4, 0.5) is 0 Å².